The summed E-state index contributed by atoms with van der Waals surface area (Å²) >= 11 is 0.618. The van der Waals surface area contributed by atoms with Crippen molar-refractivity contribution < 1.29 is 0 Å². The number of hydrogen-bond acceptors (Lipinski definition) is 0. The molecular formula is C14H23PSe. The van der Waals surface area contributed by atoms with Crippen LogP contribution >= 0.6 is 6.61 Å². The summed E-state index contributed by atoms with van der Waals surface area (Å²) in [7, 11) is 0. The fourth-order valence-corrected chi connectivity index (χ4v) is 10.6. The van der Waals surface area contributed by atoms with E-state index in [1.165, 1.54) is 0 Å². The molecule has 0 aliphatic heterocycles. The number of hydrogen-bond donors (Lipinski definition) is 0. The zero-order chi connectivity index (χ0) is 12.4. The average molecular weight is 301 g/mol. The van der Waals surface area contributed by atoms with E-state index >= 15 is 0 Å². The SMILES string of the molecule is CC(C)(C)P([Se]c1ccccc1)C(C)(C)C. The third-order valence-corrected chi connectivity index (χ3v) is 14.9. The first-order valence-electron chi connectivity index (χ1n) is 5.74. The van der Waals surface area contributed by atoms with Crippen LogP contribution < -0.4 is 4.46 Å². The molecule has 0 saturated carbocycles. The molecule has 1 rings (SSSR count). The van der Waals surface area contributed by atoms with E-state index in [-0.39, 0.29) is 6.61 Å². The molecule has 16 heavy (non-hydrogen) atoms. The average Bonchev–Trinajstić information content (AvgIpc) is 2.12. The van der Waals surface area contributed by atoms with Gasteiger partial charge in [0.25, 0.3) is 0 Å². The van der Waals surface area contributed by atoms with Crippen molar-refractivity contribution in [2.75, 3.05) is 0 Å². The number of benzene rings is 1. The Hall–Kier alpha value is 0.169. The van der Waals surface area contributed by atoms with Gasteiger partial charge in [-0.05, 0) is 0 Å². The van der Waals surface area contributed by atoms with E-state index in [1.54, 1.807) is 4.46 Å². The minimum absolute atomic E-state index is 0.0435. The van der Waals surface area contributed by atoms with Crippen molar-refractivity contribution in [2.24, 2.45) is 0 Å². The van der Waals surface area contributed by atoms with Gasteiger partial charge < -0.3 is 0 Å². The second-order valence-corrected chi connectivity index (χ2v) is 13.9. The van der Waals surface area contributed by atoms with Gasteiger partial charge in [0.15, 0.2) is 0 Å². The first-order chi connectivity index (χ1) is 7.21. The van der Waals surface area contributed by atoms with Gasteiger partial charge >= 0.3 is 108 Å². The predicted octanol–water partition coefficient (Wildman–Crippen LogP) is 4.01. The first kappa shape index (κ1) is 14.2. The molecule has 0 aliphatic rings. The van der Waals surface area contributed by atoms with Gasteiger partial charge in [0.2, 0.25) is 0 Å². The fourth-order valence-electron chi connectivity index (χ4n) is 1.87. The molecule has 0 radical (unpaired) electrons. The Morgan fingerprint density at radius 3 is 1.62 bits per heavy atom. The van der Waals surface area contributed by atoms with Gasteiger partial charge in [-0.3, -0.25) is 0 Å². The van der Waals surface area contributed by atoms with Gasteiger partial charge in [0.05, 0.1) is 0 Å². The standard InChI is InChI=1S/C14H23PSe/c1-13(2,3)15(14(4,5)6)16-12-10-8-7-9-11-12/h7-11H,1-6H3. The second-order valence-electron chi connectivity index (χ2n) is 6.04. The molecule has 0 amide bonds. The summed E-state index contributed by atoms with van der Waals surface area (Å²) in [5.74, 6) is 0. The second kappa shape index (κ2) is 5.21. The molecule has 1 aromatic rings. The monoisotopic (exact) mass is 302 g/mol. The van der Waals surface area contributed by atoms with Crippen LogP contribution in [0.2, 0.25) is 0 Å². The van der Waals surface area contributed by atoms with Crippen LogP contribution in [0.5, 0.6) is 0 Å². The molecule has 0 aromatic heterocycles. The van der Waals surface area contributed by atoms with E-state index in [9.17, 15) is 0 Å². The van der Waals surface area contributed by atoms with Crippen molar-refractivity contribution in [3.8, 4) is 0 Å². The summed E-state index contributed by atoms with van der Waals surface area (Å²) in [6.45, 7) is 14.4. The van der Waals surface area contributed by atoms with Crippen molar-refractivity contribution in [3.05, 3.63) is 30.3 Å². The van der Waals surface area contributed by atoms with E-state index in [2.05, 4.69) is 71.9 Å². The summed E-state index contributed by atoms with van der Waals surface area (Å²) in [4.78, 5) is 0. The van der Waals surface area contributed by atoms with Crippen LogP contribution in [0.4, 0.5) is 0 Å². The normalized spacial score (nSPS) is 13.2. The molecular weight excluding hydrogens is 278 g/mol. The Kier molecular flexibility index (Phi) is 4.64. The van der Waals surface area contributed by atoms with Gasteiger partial charge in [0.1, 0.15) is 0 Å². The van der Waals surface area contributed by atoms with Gasteiger partial charge in [-0.1, -0.05) is 0 Å². The van der Waals surface area contributed by atoms with Crippen molar-refractivity contribution in [2.45, 2.75) is 51.9 Å². The Bertz CT molecular complexity index is 305. The van der Waals surface area contributed by atoms with Crippen molar-refractivity contribution in [3.63, 3.8) is 0 Å². The van der Waals surface area contributed by atoms with E-state index < -0.39 is 0 Å². The Morgan fingerprint density at radius 1 is 0.812 bits per heavy atom. The van der Waals surface area contributed by atoms with Crippen LogP contribution in [-0.4, -0.2) is 24.8 Å². The molecule has 0 unspecified atom stereocenters. The Labute approximate surface area is 108 Å². The molecule has 0 atom stereocenters. The molecule has 0 spiro atoms. The van der Waals surface area contributed by atoms with Gasteiger partial charge in [-0.25, -0.2) is 0 Å². The van der Waals surface area contributed by atoms with E-state index in [1.807, 2.05) is 0 Å². The van der Waals surface area contributed by atoms with Crippen LogP contribution in [0.1, 0.15) is 41.5 Å². The third-order valence-electron chi connectivity index (χ3n) is 2.16. The summed E-state index contributed by atoms with van der Waals surface area (Å²) in [5, 5.41) is 0.896. The van der Waals surface area contributed by atoms with Gasteiger partial charge in [0, 0.05) is 0 Å². The summed E-state index contributed by atoms with van der Waals surface area (Å²) in [6.07, 6.45) is 0. The molecule has 0 heterocycles. The molecule has 0 saturated heterocycles. The summed E-state index contributed by atoms with van der Waals surface area (Å²) in [6, 6.07) is 11.0. The third kappa shape index (κ3) is 4.21. The maximum atomic E-state index is 2.40. The van der Waals surface area contributed by atoms with Crippen LogP contribution in [0.25, 0.3) is 0 Å². The van der Waals surface area contributed by atoms with Crippen LogP contribution in [0, 0.1) is 0 Å². The molecule has 0 N–H and O–H groups in total. The molecule has 90 valence electrons. The molecule has 0 fully saturated rings. The van der Waals surface area contributed by atoms with E-state index in [4.69, 9.17) is 0 Å². The number of rotatable bonds is 2. The quantitative estimate of drug-likeness (QED) is 0.572. The van der Waals surface area contributed by atoms with Crippen LogP contribution in [0.15, 0.2) is 30.3 Å². The van der Waals surface area contributed by atoms with Gasteiger partial charge in [-0.2, -0.15) is 0 Å². The van der Waals surface area contributed by atoms with Crippen molar-refractivity contribution in [1.82, 2.24) is 0 Å². The fraction of sp³-hybridized carbons (Fsp3) is 0.571. The predicted molar refractivity (Wildman–Crippen MR) is 78.3 cm³/mol. The van der Waals surface area contributed by atoms with Crippen molar-refractivity contribution in [1.29, 1.82) is 0 Å². The zero-order valence-electron chi connectivity index (χ0n) is 11.2. The first-order valence-corrected chi connectivity index (χ1v) is 10.2. The maximum absolute atomic E-state index is 2.40. The Morgan fingerprint density at radius 2 is 1.25 bits per heavy atom. The Balaban J connectivity index is 2.89. The van der Waals surface area contributed by atoms with Gasteiger partial charge in [-0.15, -0.1) is 0 Å². The van der Waals surface area contributed by atoms with Crippen LogP contribution in [-0.2, 0) is 0 Å². The topological polar surface area (TPSA) is 0 Å². The molecule has 0 bridgehead atoms. The molecule has 0 nitrogen and oxygen atoms in total. The van der Waals surface area contributed by atoms with Crippen LogP contribution in [0.3, 0.4) is 0 Å². The molecule has 0 aliphatic carbocycles. The van der Waals surface area contributed by atoms with Crippen molar-refractivity contribution >= 4 is 25.6 Å². The molecule has 1 aromatic carbocycles. The zero-order valence-corrected chi connectivity index (χ0v) is 13.8. The van der Waals surface area contributed by atoms with E-state index in [0.29, 0.717) is 24.8 Å². The minimum atomic E-state index is 0.0435. The molecule has 2 heteroatoms. The van der Waals surface area contributed by atoms with E-state index in [0.717, 1.165) is 0 Å². The summed E-state index contributed by atoms with van der Waals surface area (Å²) < 4.78 is 1.55. The summed E-state index contributed by atoms with van der Waals surface area (Å²) in [5.41, 5.74) is 0.